The van der Waals surface area contributed by atoms with E-state index in [0.717, 1.165) is 35.6 Å². The van der Waals surface area contributed by atoms with E-state index in [1.54, 1.807) is 30.4 Å². The van der Waals surface area contributed by atoms with E-state index in [4.69, 9.17) is 9.15 Å². The number of likely N-dealkylation sites (N-methyl/N-ethyl adjacent to an activating group) is 1. The molecule has 1 amide bonds. The van der Waals surface area contributed by atoms with E-state index in [0.29, 0.717) is 23.7 Å². The molecule has 2 aliphatic heterocycles. The lowest BCUT2D eigenvalue weighted by Gasteiger charge is -2.26. The zero-order valence-corrected chi connectivity index (χ0v) is 18.2. The van der Waals surface area contributed by atoms with Crippen LogP contribution in [0, 0.1) is 0 Å². The molecule has 0 saturated heterocycles. The number of furan rings is 1. The summed E-state index contributed by atoms with van der Waals surface area (Å²) in [7, 11) is 2.10. The number of esters is 1. The van der Waals surface area contributed by atoms with Gasteiger partial charge >= 0.3 is 5.97 Å². The maximum Gasteiger partial charge on any atom is 0.338 e. The predicted octanol–water partition coefficient (Wildman–Crippen LogP) is 4.03. The van der Waals surface area contributed by atoms with Gasteiger partial charge in [0, 0.05) is 23.5 Å². The largest absolute Gasteiger partial charge is 0.462 e. The van der Waals surface area contributed by atoms with Crippen LogP contribution in [-0.2, 0) is 17.7 Å². The van der Waals surface area contributed by atoms with Crippen LogP contribution in [0.2, 0.25) is 0 Å². The molecular weight excluding hydrogens is 414 g/mol. The van der Waals surface area contributed by atoms with E-state index in [1.807, 2.05) is 24.3 Å². The van der Waals surface area contributed by atoms with Crippen LogP contribution in [0.5, 0.6) is 0 Å². The number of carbonyl (C=O) groups is 2. The first kappa shape index (κ1) is 19.8. The molecule has 0 fully saturated rings. The number of thiophene rings is 1. The fourth-order valence-corrected chi connectivity index (χ4v) is 5.39. The molecule has 4 heterocycles. The fraction of sp³-hybridized carbons (Fsp3) is 0.304. The Morgan fingerprint density at radius 2 is 2.03 bits per heavy atom. The number of carbonyl (C=O) groups excluding carboxylic acids is 2. The molecule has 0 saturated carbocycles. The van der Waals surface area contributed by atoms with Crippen LogP contribution in [-0.4, -0.2) is 37.0 Å². The van der Waals surface area contributed by atoms with Crippen molar-refractivity contribution in [2.75, 3.05) is 25.5 Å². The number of nitrogens with zero attached hydrogens (tertiary/aromatic N) is 1. The molecule has 3 aromatic rings. The number of nitrogens with one attached hydrogen (secondary N) is 2. The van der Waals surface area contributed by atoms with Gasteiger partial charge in [0.15, 0.2) is 6.17 Å². The molecule has 8 heteroatoms. The standard InChI is InChI=1S/C23H23N3O4S/c1-3-29-23(28)14-6-4-13(5-7-14)16-8-9-17(30-16)20-24-21(27)19-15-10-11-26(2)12-18(15)31-22(19)25-20/h4-9,20,25H,3,10-12H2,1-2H3,(H,24,27)/t20-/m1/s1. The minimum absolute atomic E-state index is 0.0578. The Balaban J connectivity index is 1.36. The van der Waals surface area contributed by atoms with E-state index in [1.165, 1.54) is 10.4 Å². The van der Waals surface area contributed by atoms with Crippen molar-refractivity contribution in [1.29, 1.82) is 0 Å². The molecule has 2 N–H and O–H groups in total. The third-order valence-corrected chi connectivity index (χ3v) is 6.77. The van der Waals surface area contributed by atoms with E-state index in [-0.39, 0.29) is 11.9 Å². The van der Waals surface area contributed by atoms with Crippen molar-refractivity contribution < 1.29 is 18.7 Å². The lowest BCUT2D eigenvalue weighted by molar-refractivity contribution is 0.0526. The van der Waals surface area contributed by atoms with Crippen LogP contribution in [0.15, 0.2) is 40.8 Å². The van der Waals surface area contributed by atoms with Crippen LogP contribution < -0.4 is 10.6 Å². The van der Waals surface area contributed by atoms with Gasteiger partial charge in [-0.2, -0.15) is 0 Å². The van der Waals surface area contributed by atoms with E-state index >= 15 is 0 Å². The second kappa shape index (κ2) is 7.86. The molecule has 31 heavy (non-hydrogen) atoms. The average molecular weight is 438 g/mol. The van der Waals surface area contributed by atoms with Crippen LogP contribution >= 0.6 is 11.3 Å². The Kier molecular flexibility index (Phi) is 5.03. The number of rotatable bonds is 4. The lowest BCUT2D eigenvalue weighted by Crippen LogP contribution is -2.38. The molecule has 0 unspecified atom stereocenters. The van der Waals surface area contributed by atoms with Crippen molar-refractivity contribution >= 4 is 28.2 Å². The van der Waals surface area contributed by atoms with Gasteiger partial charge in [-0.15, -0.1) is 11.3 Å². The molecule has 2 aliphatic rings. The molecule has 0 spiro atoms. The number of fused-ring (bicyclic) bond motifs is 3. The summed E-state index contributed by atoms with van der Waals surface area (Å²) >= 11 is 1.66. The van der Waals surface area contributed by atoms with Gasteiger partial charge in [0.25, 0.3) is 5.91 Å². The number of amides is 1. The molecule has 5 rings (SSSR count). The molecule has 7 nitrogen and oxygen atoms in total. The average Bonchev–Trinajstić information content (AvgIpc) is 3.38. The Bertz CT molecular complexity index is 1150. The van der Waals surface area contributed by atoms with Gasteiger partial charge < -0.3 is 24.7 Å². The molecule has 0 aliphatic carbocycles. The van der Waals surface area contributed by atoms with Gasteiger partial charge in [-0.25, -0.2) is 4.79 Å². The van der Waals surface area contributed by atoms with E-state index < -0.39 is 6.17 Å². The smallest absolute Gasteiger partial charge is 0.338 e. The van der Waals surface area contributed by atoms with Crippen LogP contribution in [0.1, 0.15) is 50.0 Å². The number of hydrogen-bond donors (Lipinski definition) is 2. The van der Waals surface area contributed by atoms with Gasteiger partial charge in [-0.1, -0.05) is 12.1 Å². The van der Waals surface area contributed by atoms with Crippen LogP contribution in [0.25, 0.3) is 11.3 Å². The summed E-state index contributed by atoms with van der Waals surface area (Å²) in [6.07, 6.45) is 0.467. The van der Waals surface area contributed by atoms with Crippen molar-refractivity contribution in [2.45, 2.75) is 26.1 Å². The number of anilines is 1. The third kappa shape index (κ3) is 3.62. The first-order chi connectivity index (χ1) is 15.0. The molecule has 2 aromatic heterocycles. The lowest BCUT2D eigenvalue weighted by atomic mass is 10.0. The Morgan fingerprint density at radius 1 is 1.23 bits per heavy atom. The second-order valence-electron chi connectivity index (χ2n) is 7.75. The molecule has 0 radical (unpaired) electrons. The van der Waals surface area contributed by atoms with Gasteiger partial charge in [-0.05, 0) is 50.2 Å². The van der Waals surface area contributed by atoms with E-state index in [9.17, 15) is 9.59 Å². The van der Waals surface area contributed by atoms with Gasteiger partial charge in [-0.3, -0.25) is 4.79 Å². The van der Waals surface area contributed by atoms with Crippen molar-refractivity contribution in [3.8, 4) is 11.3 Å². The first-order valence-corrected chi connectivity index (χ1v) is 11.1. The molecular formula is C23H23N3O4S. The predicted molar refractivity (Wildman–Crippen MR) is 118 cm³/mol. The normalized spacial score (nSPS) is 18.0. The summed E-state index contributed by atoms with van der Waals surface area (Å²) < 4.78 is 11.1. The summed E-state index contributed by atoms with van der Waals surface area (Å²) in [5, 5.41) is 7.37. The number of benzene rings is 1. The van der Waals surface area contributed by atoms with E-state index in [2.05, 4.69) is 22.6 Å². The number of hydrogen-bond acceptors (Lipinski definition) is 7. The Morgan fingerprint density at radius 3 is 2.81 bits per heavy atom. The highest BCUT2D eigenvalue weighted by molar-refractivity contribution is 7.16. The van der Waals surface area contributed by atoms with Crippen molar-refractivity contribution in [2.24, 2.45) is 0 Å². The highest BCUT2D eigenvalue weighted by Gasteiger charge is 2.33. The number of ether oxygens (including phenoxy) is 1. The maximum atomic E-state index is 12.9. The summed E-state index contributed by atoms with van der Waals surface area (Å²) in [5.74, 6) is 0.896. The highest BCUT2D eigenvalue weighted by atomic mass is 32.1. The topological polar surface area (TPSA) is 83.8 Å². The maximum absolute atomic E-state index is 12.9. The Hall–Kier alpha value is -3.10. The van der Waals surface area contributed by atoms with Gasteiger partial charge in [0.1, 0.15) is 16.5 Å². The van der Waals surface area contributed by atoms with Crippen molar-refractivity contribution in [3.63, 3.8) is 0 Å². The summed E-state index contributed by atoms with van der Waals surface area (Å²) in [4.78, 5) is 28.2. The SMILES string of the molecule is CCOC(=O)c1ccc(-c2ccc([C@@H]3NC(=O)c4c(sc5c4CCN(C)C5)N3)o2)cc1. The Labute approximate surface area is 184 Å². The minimum Gasteiger partial charge on any atom is -0.462 e. The van der Waals surface area contributed by atoms with Gasteiger partial charge in [0.2, 0.25) is 0 Å². The van der Waals surface area contributed by atoms with Crippen molar-refractivity contribution in [3.05, 3.63) is 63.7 Å². The molecule has 160 valence electrons. The fourth-order valence-electron chi connectivity index (χ4n) is 4.03. The molecule has 0 bridgehead atoms. The third-order valence-electron chi connectivity index (χ3n) is 5.62. The first-order valence-electron chi connectivity index (χ1n) is 10.3. The summed E-state index contributed by atoms with van der Waals surface area (Å²) in [5.41, 5.74) is 3.30. The minimum atomic E-state index is -0.426. The highest BCUT2D eigenvalue weighted by Crippen LogP contribution is 2.41. The van der Waals surface area contributed by atoms with Crippen LogP contribution in [0.4, 0.5) is 5.00 Å². The summed E-state index contributed by atoms with van der Waals surface area (Å²) in [6, 6.07) is 10.8. The second-order valence-corrected chi connectivity index (χ2v) is 8.85. The zero-order valence-electron chi connectivity index (χ0n) is 17.4. The van der Waals surface area contributed by atoms with Crippen LogP contribution in [0.3, 0.4) is 0 Å². The summed E-state index contributed by atoms with van der Waals surface area (Å²) in [6.45, 7) is 3.96. The molecule has 1 atom stereocenters. The van der Waals surface area contributed by atoms with Gasteiger partial charge in [0.05, 0.1) is 17.7 Å². The zero-order chi connectivity index (χ0) is 21.5. The van der Waals surface area contributed by atoms with Crippen molar-refractivity contribution in [1.82, 2.24) is 10.2 Å². The monoisotopic (exact) mass is 437 g/mol. The quantitative estimate of drug-likeness (QED) is 0.600. The molecule has 1 aromatic carbocycles.